The molecule has 9 nitrogen and oxygen atoms in total. The Balaban J connectivity index is 0.000000192. The van der Waals surface area contributed by atoms with Crippen molar-refractivity contribution in [1.82, 2.24) is 9.97 Å². The van der Waals surface area contributed by atoms with Crippen LogP contribution in [0.2, 0.25) is 0 Å². The van der Waals surface area contributed by atoms with Gasteiger partial charge in [-0.05, 0) is 29.3 Å². The topological polar surface area (TPSA) is 147 Å². The SMILES string of the molecule is Cl.NCc1ccc2c(c1)NC(=O)CO2.O=C(O)c1nc2sc(-c3ccccc3)cc2c(=O)[nH]1. The molecule has 0 atom stereocenters. The molecule has 0 bridgehead atoms. The number of ether oxygens (including phenoxy) is 1. The number of hydrogen-bond acceptors (Lipinski definition) is 7. The second-order valence-electron chi connectivity index (χ2n) is 6.79. The van der Waals surface area contributed by atoms with Gasteiger partial charge in [0.15, 0.2) is 6.61 Å². The Morgan fingerprint density at radius 1 is 1.15 bits per heavy atom. The number of hydrogen-bond donors (Lipinski definition) is 4. The monoisotopic (exact) mass is 486 g/mol. The molecule has 0 aliphatic carbocycles. The molecule has 33 heavy (non-hydrogen) atoms. The Morgan fingerprint density at radius 2 is 1.91 bits per heavy atom. The van der Waals surface area contributed by atoms with Crippen molar-refractivity contribution in [1.29, 1.82) is 0 Å². The van der Waals surface area contributed by atoms with Crippen LogP contribution < -0.4 is 21.3 Å². The van der Waals surface area contributed by atoms with E-state index in [2.05, 4.69) is 15.3 Å². The third kappa shape index (κ3) is 5.37. The van der Waals surface area contributed by atoms with Gasteiger partial charge >= 0.3 is 5.97 Å². The number of aromatic carboxylic acids is 1. The van der Waals surface area contributed by atoms with Gasteiger partial charge in [0.05, 0.1) is 11.1 Å². The first kappa shape index (κ1) is 23.9. The number of halogens is 1. The fourth-order valence-corrected chi connectivity index (χ4v) is 4.07. The minimum Gasteiger partial charge on any atom is -0.482 e. The molecule has 3 heterocycles. The molecule has 0 fully saturated rings. The summed E-state index contributed by atoms with van der Waals surface area (Å²) in [5.74, 6) is -0.994. The van der Waals surface area contributed by atoms with E-state index in [9.17, 15) is 14.4 Å². The van der Waals surface area contributed by atoms with E-state index in [4.69, 9.17) is 15.6 Å². The summed E-state index contributed by atoms with van der Waals surface area (Å²) in [6.07, 6.45) is 0. The van der Waals surface area contributed by atoms with Crippen LogP contribution in [0.3, 0.4) is 0 Å². The lowest BCUT2D eigenvalue weighted by molar-refractivity contribution is -0.118. The summed E-state index contributed by atoms with van der Waals surface area (Å²) in [5.41, 5.74) is 7.69. The Labute approximate surface area is 197 Å². The van der Waals surface area contributed by atoms with E-state index in [-0.39, 0.29) is 30.7 Å². The van der Waals surface area contributed by atoms with E-state index in [0.29, 0.717) is 28.2 Å². The normalized spacial score (nSPS) is 11.8. The van der Waals surface area contributed by atoms with Gasteiger partial charge in [-0.15, -0.1) is 23.7 Å². The highest BCUT2D eigenvalue weighted by Crippen LogP contribution is 2.30. The fraction of sp³-hybridized carbons (Fsp3) is 0.0909. The van der Waals surface area contributed by atoms with Crippen LogP contribution in [0.1, 0.15) is 16.2 Å². The molecule has 5 N–H and O–H groups in total. The summed E-state index contributed by atoms with van der Waals surface area (Å²) in [4.78, 5) is 41.1. The number of carbonyl (C=O) groups is 2. The predicted molar refractivity (Wildman–Crippen MR) is 128 cm³/mol. The van der Waals surface area contributed by atoms with Crippen LogP contribution in [0.15, 0.2) is 59.4 Å². The van der Waals surface area contributed by atoms with Crippen LogP contribution in [0.25, 0.3) is 20.7 Å². The first-order valence-electron chi connectivity index (χ1n) is 9.53. The number of fused-ring (bicyclic) bond motifs is 2. The van der Waals surface area contributed by atoms with Crippen LogP contribution >= 0.6 is 23.7 Å². The van der Waals surface area contributed by atoms with Gasteiger partial charge in [-0.25, -0.2) is 9.78 Å². The number of H-pyrrole nitrogens is 1. The summed E-state index contributed by atoms with van der Waals surface area (Å²) < 4.78 is 5.18. The van der Waals surface area contributed by atoms with Crippen LogP contribution in [0, 0.1) is 0 Å². The summed E-state index contributed by atoms with van der Waals surface area (Å²) >= 11 is 1.30. The number of carbonyl (C=O) groups excluding carboxylic acids is 1. The Morgan fingerprint density at radius 3 is 2.61 bits per heavy atom. The van der Waals surface area contributed by atoms with Gasteiger partial charge in [0.25, 0.3) is 11.5 Å². The maximum atomic E-state index is 11.8. The number of carboxylic acid groups (broad SMARTS) is 1. The average molecular weight is 487 g/mol. The highest BCUT2D eigenvalue weighted by Gasteiger charge is 2.15. The highest BCUT2D eigenvalue weighted by atomic mass is 35.5. The minimum absolute atomic E-state index is 0. The van der Waals surface area contributed by atoms with Gasteiger partial charge in [0, 0.05) is 11.4 Å². The fourth-order valence-electron chi connectivity index (χ4n) is 3.03. The van der Waals surface area contributed by atoms with Crippen molar-refractivity contribution in [2.24, 2.45) is 5.73 Å². The molecule has 1 aliphatic heterocycles. The van der Waals surface area contributed by atoms with Gasteiger partial charge in [0.2, 0.25) is 5.82 Å². The molecule has 5 rings (SSSR count). The lowest BCUT2D eigenvalue weighted by Gasteiger charge is -2.18. The third-order valence-corrected chi connectivity index (χ3v) is 5.65. The molecule has 0 radical (unpaired) electrons. The van der Waals surface area contributed by atoms with Crippen molar-refractivity contribution >= 4 is 51.5 Å². The van der Waals surface area contributed by atoms with Gasteiger partial charge in [-0.2, -0.15) is 0 Å². The summed E-state index contributed by atoms with van der Waals surface area (Å²) in [6.45, 7) is 0.554. The molecule has 1 aliphatic rings. The zero-order chi connectivity index (χ0) is 22.7. The number of thiophene rings is 1. The molecule has 0 saturated heterocycles. The minimum atomic E-state index is -1.24. The molecule has 0 unspecified atom stereocenters. The van der Waals surface area contributed by atoms with Gasteiger partial charge < -0.3 is 25.9 Å². The number of anilines is 1. The van der Waals surface area contributed by atoms with E-state index in [1.807, 2.05) is 48.5 Å². The van der Waals surface area contributed by atoms with Crippen LogP contribution in [-0.2, 0) is 11.3 Å². The second-order valence-corrected chi connectivity index (χ2v) is 7.82. The van der Waals surface area contributed by atoms with Gasteiger partial charge in [0.1, 0.15) is 10.6 Å². The molecule has 2 aromatic heterocycles. The van der Waals surface area contributed by atoms with Crippen molar-refractivity contribution < 1.29 is 19.4 Å². The number of aromatic amines is 1. The third-order valence-electron chi connectivity index (χ3n) is 4.58. The molecule has 0 saturated carbocycles. The predicted octanol–water partition coefficient (Wildman–Crippen LogP) is 3.25. The maximum Gasteiger partial charge on any atom is 0.372 e. The molecule has 0 spiro atoms. The van der Waals surface area contributed by atoms with E-state index < -0.39 is 11.5 Å². The number of aromatic nitrogens is 2. The number of nitrogens with zero attached hydrogens (tertiary/aromatic N) is 1. The highest BCUT2D eigenvalue weighted by molar-refractivity contribution is 7.21. The van der Waals surface area contributed by atoms with Crippen molar-refractivity contribution in [3.8, 4) is 16.2 Å². The molecule has 170 valence electrons. The average Bonchev–Trinajstić information content (AvgIpc) is 3.24. The molecule has 1 amide bonds. The first-order valence-corrected chi connectivity index (χ1v) is 10.3. The van der Waals surface area contributed by atoms with E-state index >= 15 is 0 Å². The van der Waals surface area contributed by atoms with Crippen LogP contribution in [0.4, 0.5) is 5.69 Å². The number of nitrogens with two attached hydrogens (primary N) is 1. The second kappa shape index (κ2) is 10.3. The van der Waals surface area contributed by atoms with Gasteiger partial charge in [-0.1, -0.05) is 36.4 Å². The van der Waals surface area contributed by atoms with E-state index in [1.165, 1.54) is 11.3 Å². The Hall–Kier alpha value is -3.73. The van der Waals surface area contributed by atoms with E-state index in [0.717, 1.165) is 16.0 Å². The Kier molecular flexibility index (Phi) is 7.44. The summed E-state index contributed by atoms with van der Waals surface area (Å²) in [7, 11) is 0. The maximum absolute atomic E-state index is 11.8. The molecular weight excluding hydrogens is 468 g/mol. The molecular formula is C22H19ClN4O5S. The van der Waals surface area contributed by atoms with E-state index in [1.54, 1.807) is 6.07 Å². The zero-order valence-electron chi connectivity index (χ0n) is 17.0. The number of rotatable bonds is 3. The van der Waals surface area contributed by atoms with Crippen molar-refractivity contribution in [3.05, 3.63) is 76.3 Å². The summed E-state index contributed by atoms with van der Waals surface area (Å²) in [5, 5.41) is 12.0. The first-order chi connectivity index (χ1) is 15.4. The van der Waals surface area contributed by atoms with Crippen molar-refractivity contribution in [2.45, 2.75) is 6.54 Å². The van der Waals surface area contributed by atoms with Crippen LogP contribution in [0.5, 0.6) is 5.75 Å². The lowest BCUT2D eigenvalue weighted by Crippen LogP contribution is -2.25. The number of benzene rings is 2. The standard InChI is InChI=1S/C13H8N2O3S.C9H10N2O2.ClH/c16-11-8-6-9(7-4-2-1-3-5-7)19-12(8)15-10(14-11)13(17)18;10-4-6-1-2-8-7(3-6)11-9(12)5-13-8;/h1-6H,(H,17,18)(H,14,15,16);1-3H,4-5,10H2,(H,11,12);1H. The zero-order valence-corrected chi connectivity index (χ0v) is 18.7. The van der Waals surface area contributed by atoms with Crippen molar-refractivity contribution in [2.75, 3.05) is 11.9 Å². The van der Waals surface area contributed by atoms with Crippen molar-refractivity contribution in [3.63, 3.8) is 0 Å². The quantitative estimate of drug-likeness (QED) is 0.347. The number of nitrogens with one attached hydrogen (secondary N) is 2. The Bertz CT molecular complexity index is 1370. The number of carboxylic acids is 1. The van der Waals surface area contributed by atoms with Crippen LogP contribution in [-0.4, -0.2) is 33.6 Å². The molecule has 4 aromatic rings. The molecule has 2 aromatic carbocycles. The smallest absolute Gasteiger partial charge is 0.372 e. The largest absolute Gasteiger partial charge is 0.482 e. The lowest BCUT2D eigenvalue weighted by atomic mass is 10.1. The van der Waals surface area contributed by atoms with Gasteiger partial charge in [-0.3, -0.25) is 9.59 Å². The summed E-state index contributed by atoms with van der Waals surface area (Å²) in [6, 6.07) is 16.8. The number of amides is 1. The molecule has 11 heteroatoms.